The topological polar surface area (TPSA) is 57.3 Å². The first-order valence-corrected chi connectivity index (χ1v) is 7.38. The van der Waals surface area contributed by atoms with Crippen LogP contribution in [0.25, 0.3) is 0 Å². The van der Waals surface area contributed by atoms with Crippen molar-refractivity contribution in [1.82, 2.24) is 15.2 Å². The normalized spacial score (nSPS) is 14.3. The Morgan fingerprint density at radius 2 is 2.25 bits per heavy atom. The molecule has 5 nitrogen and oxygen atoms in total. The predicted octanol–water partition coefficient (Wildman–Crippen LogP) is 1.73. The quantitative estimate of drug-likeness (QED) is 0.759. The Morgan fingerprint density at radius 1 is 1.45 bits per heavy atom. The van der Waals surface area contributed by atoms with E-state index in [1.165, 1.54) is 12.8 Å². The molecule has 0 unspecified atom stereocenters. The molecule has 0 radical (unpaired) electrons. The summed E-state index contributed by atoms with van der Waals surface area (Å²) in [4.78, 5) is 18.5. The van der Waals surface area contributed by atoms with Gasteiger partial charge in [-0.1, -0.05) is 6.92 Å². The molecule has 1 aromatic heterocycles. The van der Waals surface area contributed by atoms with Crippen molar-refractivity contribution < 1.29 is 4.79 Å². The molecule has 2 N–H and O–H groups in total. The lowest BCUT2D eigenvalue weighted by molar-refractivity contribution is 0.0950. The van der Waals surface area contributed by atoms with Crippen molar-refractivity contribution in [3.63, 3.8) is 0 Å². The first kappa shape index (κ1) is 14.8. The maximum atomic E-state index is 12.2. The average Bonchev–Trinajstić information content (AvgIpc) is 3.29. The molecule has 20 heavy (non-hydrogen) atoms. The maximum Gasteiger partial charge on any atom is 0.254 e. The van der Waals surface area contributed by atoms with Gasteiger partial charge in [-0.2, -0.15) is 0 Å². The molecule has 1 saturated carbocycles. The smallest absolute Gasteiger partial charge is 0.254 e. The molecular formula is C15H24N4O. The second-order valence-corrected chi connectivity index (χ2v) is 5.32. The fraction of sp³-hybridized carbons (Fsp3) is 0.600. The molecular weight excluding hydrogens is 252 g/mol. The van der Waals surface area contributed by atoms with Gasteiger partial charge in [-0.25, -0.2) is 0 Å². The van der Waals surface area contributed by atoms with E-state index in [0.717, 1.165) is 31.2 Å². The van der Waals surface area contributed by atoms with Gasteiger partial charge >= 0.3 is 0 Å². The van der Waals surface area contributed by atoms with E-state index in [1.807, 2.05) is 6.07 Å². The van der Waals surface area contributed by atoms with E-state index in [2.05, 4.69) is 34.5 Å². The zero-order valence-electron chi connectivity index (χ0n) is 12.4. The van der Waals surface area contributed by atoms with E-state index in [9.17, 15) is 4.79 Å². The highest BCUT2D eigenvalue weighted by atomic mass is 16.1. The molecule has 1 aliphatic carbocycles. The summed E-state index contributed by atoms with van der Waals surface area (Å²) in [7, 11) is 2.11. The SMILES string of the molecule is CCCNc1ccncc1C(=O)NCCN(C)C1CC1. The summed E-state index contributed by atoms with van der Waals surface area (Å²) in [5.74, 6) is -0.0547. The Morgan fingerprint density at radius 3 is 2.95 bits per heavy atom. The minimum Gasteiger partial charge on any atom is -0.384 e. The highest BCUT2D eigenvalue weighted by molar-refractivity contribution is 5.99. The molecule has 2 rings (SSSR count). The van der Waals surface area contributed by atoms with Gasteiger partial charge in [0.15, 0.2) is 0 Å². The van der Waals surface area contributed by atoms with E-state index < -0.39 is 0 Å². The summed E-state index contributed by atoms with van der Waals surface area (Å²) in [6.07, 6.45) is 6.93. The molecule has 0 atom stereocenters. The lowest BCUT2D eigenvalue weighted by atomic mass is 10.2. The third-order valence-corrected chi connectivity index (χ3v) is 3.55. The summed E-state index contributed by atoms with van der Waals surface area (Å²) >= 11 is 0. The van der Waals surface area contributed by atoms with Crippen molar-refractivity contribution in [1.29, 1.82) is 0 Å². The number of aromatic nitrogens is 1. The monoisotopic (exact) mass is 276 g/mol. The Bertz CT molecular complexity index is 445. The van der Waals surface area contributed by atoms with Crippen molar-refractivity contribution in [3.8, 4) is 0 Å². The van der Waals surface area contributed by atoms with Crippen LogP contribution in [0.3, 0.4) is 0 Å². The Balaban J connectivity index is 1.84. The average molecular weight is 276 g/mol. The molecule has 1 aliphatic rings. The van der Waals surface area contributed by atoms with Crippen LogP contribution in [0.1, 0.15) is 36.5 Å². The van der Waals surface area contributed by atoms with Crippen LogP contribution >= 0.6 is 0 Å². The Hall–Kier alpha value is -1.62. The molecule has 5 heteroatoms. The third-order valence-electron chi connectivity index (χ3n) is 3.55. The van der Waals surface area contributed by atoms with Gasteiger partial charge in [0.05, 0.1) is 11.3 Å². The molecule has 0 aromatic carbocycles. The number of pyridine rings is 1. The van der Waals surface area contributed by atoms with Gasteiger partial charge in [0.25, 0.3) is 5.91 Å². The summed E-state index contributed by atoms with van der Waals surface area (Å²) < 4.78 is 0. The molecule has 1 aromatic rings. The zero-order chi connectivity index (χ0) is 14.4. The number of anilines is 1. The van der Waals surface area contributed by atoms with Gasteiger partial charge in [-0.3, -0.25) is 9.78 Å². The van der Waals surface area contributed by atoms with Crippen LogP contribution in [0, 0.1) is 0 Å². The maximum absolute atomic E-state index is 12.2. The Labute approximate surface area is 120 Å². The lowest BCUT2D eigenvalue weighted by Crippen LogP contribution is -2.34. The van der Waals surface area contributed by atoms with Crippen LogP contribution in [0.4, 0.5) is 5.69 Å². The largest absolute Gasteiger partial charge is 0.384 e. The second-order valence-electron chi connectivity index (χ2n) is 5.32. The zero-order valence-corrected chi connectivity index (χ0v) is 12.4. The van der Waals surface area contributed by atoms with E-state index >= 15 is 0 Å². The lowest BCUT2D eigenvalue weighted by Gasteiger charge is -2.16. The summed E-state index contributed by atoms with van der Waals surface area (Å²) in [5.41, 5.74) is 1.48. The van der Waals surface area contributed by atoms with Gasteiger partial charge in [0, 0.05) is 38.1 Å². The number of nitrogens with one attached hydrogen (secondary N) is 2. The van der Waals surface area contributed by atoms with Crippen LogP contribution in [-0.2, 0) is 0 Å². The summed E-state index contributed by atoms with van der Waals surface area (Å²) in [5, 5.41) is 6.23. The van der Waals surface area contributed by atoms with Crippen LogP contribution < -0.4 is 10.6 Å². The standard InChI is InChI=1S/C15H24N4O/c1-3-7-17-14-6-8-16-11-13(14)15(20)18-9-10-19(2)12-4-5-12/h6,8,11-12H,3-5,7,9-10H2,1-2H3,(H,16,17)(H,18,20). The first-order valence-electron chi connectivity index (χ1n) is 7.38. The molecule has 110 valence electrons. The fourth-order valence-corrected chi connectivity index (χ4v) is 2.13. The van der Waals surface area contributed by atoms with Gasteiger partial charge in [-0.05, 0) is 32.4 Å². The molecule has 0 bridgehead atoms. The number of nitrogens with zero attached hydrogens (tertiary/aromatic N) is 2. The molecule has 0 saturated heterocycles. The van der Waals surface area contributed by atoms with Gasteiger partial charge in [-0.15, -0.1) is 0 Å². The predicted molar refractivity (Wildman–Crippen MR) is 81.0 cm³/mol. The molecule has 1 fully saturated rings. The van der Waals surface area contributed by atoms with Gasteiger partial charge in [0.2, 0.25) is 0 Å². The number of rotatable bonds is 8. The van der Waals surface area contributed by atoms with Crippen molar-refractivity contribution in [2.24, 2.45) is 0 Å². The number of likely N-dealkylation sites (N-methyl/N-ethyl adjacent to an activating group) is 1. The fourth-order valence-electron chi connectivity index (χ4n) is 2.13. The third kappa shape index (κ3) is 4.20. The van der Waals surface area contributed by atoms with Crippen LogP contribution in [0.2, 0.25) is 0 Å². The number of carbonyl (C=O) groups is 1. The molecule has 0 aliphatic heterocycles. The highest BCUT2D eigenvalue weighted by Gasteiger charge is 2.25. The number of hydrogen-bond acceptors (Lipinski definition) is 4. The minimum atomic E-state index is -0.0547. The van der Waals surface area contributed by atoms with E-state index in [0.29, 0.717) is 12.1 Å². The van der Waals surface area contributed by atoms with Crippen molar-refractivity contribution in [2.45, 2.75) is 32.2 Å². The van der Waals surface area contributed by atoms with Crippen LogP contribution in [-0.4, -0.2) is 48.5 Å². The van der Waals surface area contributed by atoms with Crippen LogP contribution in [0.5, 0.6) is 0 Å². The van der Waals surface area contributed by atoms with Gasteiger partial charge in [0.1, 0.15) is 0 Å². The number of amides is 1. The van der Waals surface area contributed by atoms with Crippen LogP contribution in [0.15, 0.2) is 18.5 Å². The molecule has 0 spiro atoms. The molecule has 1 amide bonds. The number of hydrogen-bond donors (Lipinski definition) is 2. The van der Waals surface area contributed by atoms with E-state index in [1.54, 1.807) is 12.4 Å². The van der Waals surface area contributed by atoms with E-state index in [-0.39, 0.29) is 5.91 Å². The first-order chi connectivity index (χ1) is 9.72. The van der Waals surface area contributed by atoms with Crippen molar-refractivity contribution in [3.05, 3.63) is 24.0 Å². The minimum absolute atomic E-state index is 0.0547. The summed E-state index contributed by atoms with van der Waals surface area (Å²) in [6.45, 7) is 4.53. The highest BCUT2D eigenvalue weighted by Crippen LogP contribution is 2.24. The molecule has 1 heterocycles. The van der Waals surface area contributed by atoms with Gasteiger partial charge < -0.3 is 15.5 Å². The van der Waals surface area contributed by atoms with Crippen molar-refractivity contribution in [2.75, 3.05) is 32.0 Å². The van der Waals surface area contributed by atoms with E-state index in [4.69, 9.17) is 0 Å². The summed E-state index contributed by atoms with van der Waals surface area (Å²) in [6, 6.07) is 2.58. The second kappa shape index (κ2) is 7.24. The Kier molecular flexibility index (Phi) is 5.35. The number of carbonyl (C=O) groups excluding carboxylic acids is 1. The van der Waals surface area contributed by atoms with Crippen molar-refractivity contribution >= 4 is 11.6 Å².